The van der Waals surface area contributed by atoms with Gasteiger partial charge in [0.1, 0.15) is 23.4 Å². The first-order chi connectivity index (χ1) is 12.1. The number of ether oxygens (including phenoxy) is 1. The van der Waals surface area contributed by atoms with Crippen LogP contribution in [0.5, 0.6) is 5.75 Å². The lowest BCUT2D eigenvalue weighted by molar-refractivity contribution is 0.0946. The van der Waals surface area contributed by atoms with Crippen molar-refractivity contribution in [3.8, 4) is 5.75 Å². The average Bonchev–Trinajstić information content (AvgIpc) is 2.63. The summed E-state index contributed by atoms with van der Waals surface area (Å²) in [5, 5.41) is 2.77. The third-order valence-electron chi connectivity index (χ3n) is 4.30. The molecule has 1 fully saturated rings. The van der Waals surface area contributed by atoms with Gasteiger partial charge in [-0.15, -0.1) is 0 Å². The highest BCUT2D eigenvalue weighted by Crippen LogP contribution is 2.19. The average molecular weight is 343 g/mol. The number of hydrogen-bond donors (Lipinski definition) is 1. The van der Waals surface area contributed by atoms with Crippen molar-refractivity contribution in [2.75, 3.05) is 20.1 Å². The highest BCUT2D eigenvalue weighted by molar-refractivity contribution is 5.92. The minimum atomic E-state index is -0.461. The summed E-state index contributed by atoms with van der Waals surface area (Å²) < 4.78 is 18.8. The van der Waals surface area contributed by atoms with E-state index < -0.39 is 5.82 Å². The molecule has 0 atom stereocenters. The predicted octanol–water partition coefficient (Wildman–Crippen LogP) is 2.62. The fraction of sp³-hybridized carbons (Fsp3) is 0.368. The van der Waals surface area contributed by atoms with Gasteiger partial charge in [-0.2, -0.15) is 0 Å². The Morgan fingerprint density at radius 1 is 1.24 bits per heavy atom. The van der Waals surface area contributed by atoms with E-state index in [1.54, 1.807) is 0 Å². The molecule has 6 heteroatoms. The highest BCUT2D eigenvalue weighted by Gasteiger charge is 2.17. The fourth-order valence-corrected chi connectivity index (χ4v) is 2.76. The number of aromatic nitrogens is 1. The molecule has 1 amide bonds. The number of likely N-dealkylation sites (tertiary alicyclic amines) is 1. The molecule has 0 radical (unpaired) electrons. The number of nitrogens with one attached hydrogen (secondary N) is 1. The van der Waals surface area contributed by atoms with Crippen LogP contribution in [0.15, 0.2) is 42.6 Å². The Morgan fingerprint density at radius 3 is 2.60 bits per heavy atom. The van der Waals surface area contributed by atoms with E-state index in [1.165, 1.54) is 12.1 Å². The van der Waals surface area contributed by atoms with Crippen molar-refractivity contribution < 1.29 is 13.9 Å². The van der Waals surface area contributed by atoms with Gasteiger partial charge < -0.3 is 15.0 Å². The summed E-state index contributed by atoms with van der Waals surface area (Å²) in [5.41, 5.74) is 1.16. The molecule has 3 rings (SSSR count). The Hall–Kier alpha value is -2.47. The maximum atomic E-state index is 12.8. The number of nitrogens with zero attached hydrogens (tertiary/aromatic N) is 2. The van der Waals surface area contributed by atoms with Gasteiger partial charge in [0, 0.05) is 19.6 Å². The third-order valence-corrected chi connectivity index (χ3v) is 4.30. The number of benzene rings is 1. The fourth-order valence-electron chi connectivity index (χ4n) is 2.76. The summed E-state index contributed by atoms with van der Waals surface area (Å²) in [4.78, 5) is 18.0. The number of pyridine rings is 1. The monoisotopic (exact) mass is 343 g/mol. The van der Waals surface area contributed by atoms with Gasteiger partial charge in [-0.25, -0.2) is 9.37 Å². The Labute approximate surface area is 146 Å². The first-order valence-corrected chi connectivity index (χ1v) is 8.44. The van der Waals surface area contributed by atoms with Crippen molar-refractivity contribution >= 4 is 5.91 Å². The number of piperidine rings is 1. The van der Waals surface area contributed by atoms with Crippen LogP contribution in [0.4, 0.5) is 4.39 Å². The smallest absolute Gasteiger partial charge is 0.270 e. The molecule has 0 saturated carbocycles. The van der Waals surface area contributed by atoms with Crippen LogP contribution >= 0.6 is 0 Å². The van der Waals surface area contributed by atoms with E-state index >= 15 is 0 Å². The summed E-state index contributed by atoms with van der Waals surface area (Å²) >= 11 is 0. The SMILES string of the molecule is CN1CCC(Oc2ccc(CNC(=O)c3ccc(F)cn3)cc2)CC1. The van der Waals surface area contributed by atoms with Crippen LogP contribution < -0.4 is 10.1 Å². The Kier molecular flexibility index (Phi) is 5.60. The molecular weight excluding hydrogens is 321 g/mol. The Morgan fingerprint density at radius 2 is 1.96 bits per heavy atom. The van der Waals surface area contributed by atoms with Crippen LogP contribution in [-0.2, 0) is 6.54 Å². The topological polar surface area (TPSA) is 54.5 Å². The summed E-state index contributed by atoms with van der Waals surface area (Å²) in [6.45, 7) is 2.50. The number of amides is 1. The maximum Gasteiger partial charge on any atom is 0.270 e. The van der Waals surface area contributed by atoms with E-state index in [-0.39, 0.29) is 17.7 Å². The van der Waals surface area contributed by atoms with E-state index in [0.29, 0.717) is 6.54 Å². The normalized spacial score (nSPS) is 15.8. The molecular formula is C19H22FN3O2. The van der Waals surface area contributed by atoms with Crippen LogP contribution in [0.2, 0.25) is 0 Å². The van der Waals surface area contributed by atoms with Crippen LogP contribution in [-0.4, -0.2) is 42.0 Å². The van der Waals surface area contributed by atoms with Crippen LogP contribution in [0.3, 0.4) is 0 Å². The Balaban J connectivity index is 1.49. The first kappa shape index (κ1) is 17.4. The second-order valence-electron chi connectivity index (χ2n) is 6.31. The van der Waals surface area contributed by atoms with Crippen molar-refractivity contribution in [3.63, 3.8) is 0 Å². The van der Waals surface area contributed by atoms with Gasteiger partial charge in [0.05, 0.1) is 6.20 Å². The van der Waals surface area contributed by atoms with E-state index in [0.717, 1.165) is 43.4 Å². The number of carbonyl (C=O) groups excluding carboxylic acids is 1. The van der Waals surface area contributed by atoms with Crippen molar-refractivity contribution in [3.05, 3.63) is 59.7 Å². The molecule has 25 heavy (non-hydrogen) atoms. The molecule has 5 nitrogen and oxygen atoms in total. The van der Waals surface area contributed by atoms with E-state index in [9.17, 15) is 9.18 Å². The van der Waals surface area contributed by atoms with Crippen molar-refractivity contribution in [1.82, 2.24) is 15.2 Å². The minimum absolute atomic E-state index is 0.198. The van der Waals surface area contributed by atoms with Crippen LogP contribution in [0, 0.1) is 5.82 Å². The molecule has 132 valence electrons. The maximum absolute atomic E-state index is 12.8. The molecule has 0 bridgehead atoms. The van der Waals surface area contributed by atoms with Gasteiger partial charge in [0.25, 0.3) is 5.91 Å². The number of halogens is 1. The van der Waals surface area contributed by atoms with Crippen molar-refractivity contribution in [2.45, 2.75) is 25.5 Å². The largest absolute Gasteiger partial charge is 0.490 e. The van der Waals surface area contributed by atoms with Gasteiger partial charge in [-0.1, -0.05) is 12.1 Å². The molecule has 0 spiro atoms. The molecule has 1 aromatic heterocycles. The summed E-state index contributed by atoms with van der Waals surface area (Å²) in [6, 6.07) is 10.3. The van der Waals surface area contributed by atoms with Crippen LogP contribution in [0.25, 0.3) is 0 Å². The standard InChI is InChI=1S/C19H22FN3O2/c1-23-10-8-17(9-11-23)25-16-5-2-14(3-6-16)12-22-19(24)18-7-4-15(20)13-21-18/h2-7,13,17H,8-12H2,1H3,(H,22,24). The lowest BCUT2D eigenvalue weighted by Crippen LogP contribution is -2.35. The molecule has 0 aliphatic carbocycles. The van der Waals surface area contributed by atoms with Crippen molar-refractivity contribution in [1.29, 1.82) is 0 Å². The van der Waals surface area contributed by atoms with Gasteiger partial charge in [0.15, 0.2) is 0 Å². The van der Waals surface area contributed by atoms with E-state index in [1.807, 2.05) is 24.3 Å². The summed E-state index contributed by atoms with van der Waals surface area (Å²) in [6.07, 6.45) is 3.38. The summed E-state index contributed by atoms with van der Waals surface area (Å²) in [5.74, 6) is 0.0632. The number of rotatable bonds is 5. The van der Waals surface area contributed by atoms with Gasteiger partial charge in [-0.05, 0) is 49.7 Å². The van der Waals surface area contributed by atoms with E-state index in [4.69, 9.17) is 4.74 Å². The first-order valence-electron chi connectivity index (χ1n) is 8.44. The van der Waals surface area contributed by atoms with Gasteiger partial charge in [-0.3, -0.25) is 4.79 Å². The summed E-state index contributed by atoms with van der Waals surface area (Å²) in [7, 11) is 2.13. The lowest BCUT2D eigenvalue weighted by atomic mass is 10.1. The zero-order valence-electron chi connectivity index (χ0n) is 14.2. The molecule has 1 aliphatic heterocycles. The molecule has 2 heterocycles. The minimum Gasteiger partial charge on any atom is -0.490 e. The zero-order valence-corrected chi connectivity index (χ0v) is 14.2. The van der Waals surface area contributed by atoms with Gasteiger partial charge in [0.2, 0.25) is 0 Å². The van der Waals surface area contributed by atoms with Crippen molar-refractivity contribution in [2.24, 2.45) is 0 Å². The second kappa shape index (κ2) is 8.07. The third kappa shape index (κ3) is 5.00. The van der Waals surface area contributed by atoms with E-state index in [2.05, 4.69) is 22.2 Å². The quantitative estimate of drug-likeness (QED) is 0.907. The predicted molar refractivity (Wildman–Crippen MR) is 93.0 cm³/mol. The number of carbonyl (C=O) groups is 1. The molecule has 1 aliphatic rings. The molecule has 1 saturated heterocycles. The molecule has 0 unspecified atom stereocenters. The van der Waals surface area contributed by atoms with Crippen LogP contribution in [0.1, 0.15) is 28.9 Å². The molecule has 2 aromatic rings. The zero-order chi connectivity index (χ0) is 17.6. The molecule has 1 N–H and O–H groups in total. The second-order valence-corrected chi connectivity index (χ2v) is 6.31. The number of hydrogen-bond acceptors (Lipinski definition) is 4. The highest BCUT2D eigenvalue weighted by atomic mass is 19.1. The molecule has 1 aromatic carbocycles. The van der Waals surface area contributed by atoms with Gasteiger partial charge >= 0.3 is 0 Å². The lowest BCUT2D eigenvalue weighted by Gasteiger charge is -2.29. The Bertz CT molecular complexity index is 696.